The smallest absolute Gasteiger partial charge is 0.143 e. The van der Waals surface area contributed by atoms with Crippen LogP contribution in [0.25, 0.3) is 105 Å². The van der Waals surface area contributed by atoms with Crippen molar-refractivity contribution in [3.63, 3.8) is 0 Å². The first-order chi connectivity index (χ1) is 33.3. The average Bonchev–Trinajstić information content (AvgIpc) is 3.95. The summed E-state index contributed by atoms with van der Waals surface area (Å²) in [5.74, 6) is 0. The van der Waals surface area contributed by atoms with Gasteiger partial charge in [-0.2, -0.15) is 0 Å². The molecule has 0 aliphatic rings. The summed E-state index contributed by atoms with van der Waals surface area (Å²) in [4.78, 5) is 2.42. The molecule has 0 saturated carbocycles. The van der Waals surface area contributed by atoms with Crippen LogP contribution in [-0.2, 0) is 0 Å². The Morgan fingerprint density at radius 1 is 0.299 bits per heavy atom. The van der Waals surface area contributed by atoms with E-state index in [2.05, 4.69) is 258 Å². The van der Waals surface area contributed by atoms with E-state index in [4.69, 9.17) is 4.42 Å². The Morgan fingerprint density at radius 3 is 1.48 bits per heavy atom. The Morgan fingerprint density at radius 2 is 0.761 bits per heavy atom. The van der Waals surface area contributed by atoms with Gasteiger partial charge in [0.05, 0.1) is 28.1 Å². The minimum Gasteiger partial charge on any atom is -0.455 e. The Balaban J connectivity index is 0.930. The van der Waals surface area contributed by atoms with Gasteiger partial charge in [0.1, 0.15) is 11.2 Å². The first kappa shape index (κ1) is 38.5. The van der Waals surface area contributed by atoms with E-state index in [0.717, 1.165) is 72.5 Å². The minimum atomic E-state index is 0.884. The molecule has 0 fully saturated rings. The lowest BCUT2D eigenvalue weighted by atomic mass is 9.94. The Hall–Kier alpha value is -8.92. The van der Waals surface area contributed by atoms with Crippen molar-refractivity contribution in [2.75, 3.05) is 4.90 Å². The van der Waals surface area contributed by atoms with E-state index in [1.54, 1.807) is 0 Å². The molecule has 2 heterocycles. The van der Waals surface area contributed by atoms with Gasteiger partial charge in [-0.15, -0.1) is 0 Å². The van der Waals surface area contributed by atoms with Crippen LogP contribution in [0.3, 0.4) is 0 Å². The van der Waals surface area contributed by atoms with E-state index >= 15 is 0 Å². The molecule has 0 N–H and O–H groups in total. The molecule has 0 radical (unpaired) electrons. The number of nitrogens with zero attached hydrogens (tertiary/aromatic N) is 2. The van der Waals surface area contributed by atoms with E-state index in [1.807, 2.05) is 6.07 Å². The Labute approximate surface area is 388 Å². The van der Waals surface area contributed by atoms with Crippen LogP contribution in [-0.4, -0.2) is 4.57 Å². The maximum atomic E-state index is 6.67. The van der Waals surface area contributed by atoms with Gasteiger partial charge in [0, 0.05) is 49.5 Å². The molecule has 0 unspecified atom stereocenters. The predicted molar refractivity (Wildman–Crippen MR) is 282 cm³/mol. The fourth-order valence-electron chi connectivity index (χ4n) is 10.4. The van der Waals surface area contributed by atoms with E-state index in [-0.39, 0.29) is 0 Å². The van der Waals surface area contributed by atoms with Gasteiger partial charge in [-0.05, 0) is 81.6 Å². The summed E-state index contributed by atoms with van der Waals surface area (Å²) in [7, 11) is 0. The fourth-order valence-corrected chi connectivity index (χ4v) is 10.4. The summed E-state index contributed by atoms with van der Waals surface area (Å²) in [6.45, 7) is 0. The van der Waals surface area contributed by atoms with Crippen molar-refractivity contribution in [2.45, 2.75) is 0 Å². The summed E-state index contributed by atoms with van der Waals surface area (Å²) in [6.07, 6.45) is 0. The molecular formula is C64H42N2O. The first-order valence-corrected chi connectivity index (χ1v) is 22.9. The van der Waals surface area contributed by atoms with Crippen LogP contribution in [0.5, 0.6) is 0 Å². The minimum absolute atomic E-state index is 0.884. The first-order valence-electron chi connectivity index (χ1n) is 22.9. The van der Waals surface area contributed by atoms with Gasteiger partial charge in [0.25, 0.3) is 0 Å². The highest BCUT2D eigenvalue weighted by atomic mass is 16.3. The lowest BCUT2D eigenvalue weighted by molar-refractivity contribution is 0.670. The van der Waals surface area contributed by atoms with Crippen LogP contribution >= 0.6 is 0 Å². The molecule has 0 spiro atoms. The average molecular weight is 855 g/mol. The number of anilines is 3. The van der Waals surface area contributed by atoms with Crippen molar-refractivity contribution in [3.05, 3.63) is 255 Å². The topological polar surface area (TPSA) is 21.3 Å². The summed E-state index contributed by atoms with van der Waals surface area (Å²) < 4.78 is 9.08. The highest BCUT2D eigenvalue weighted by molar-refractivity contribution is 6.12. The third kappa shape index (κ3) is 6.43. The van der Waals surface area contributed by atoms with E-state index in [1.165, 1.54) is 49.3 Å². The van der Waals surface area contributed by atoms with Crippen LogP contribution < -0.4 is 4.90 Å². The third-order valence-corrected chi connectivity index (χ3v) is 13.4. The lowest BCUT2D eigenvalue weighted by Crippen LogP contribution is -2.12. The van der Waals surface area contributed by atoms with Crippen LogP contribution in [0.2, 0.25) is 0 Å². The van der Waals surface area contributed by atoms with Crippen molar-refractivity contribution >= 4 is 71.6 Å². The number of furan rings is 1. The van der Waals surface area contributed by atoms with Gasteiger partial charge in [-0.25, -0.2) is 0 Å². The van der Waals surface area contributed by atoms with Gasteiger partial charge >= 0.3 is 0 Å². The molecule has 0 atom stereocenters. The number of benzene rings is 11. The molecule has 314 valence electrons. The highest BCUT2D eigenvalue weighted by Gasteiger charge is 2.23. The number of hydrogen-bond donors (Lipinski definition) is 0. The van der Waals surface area contributed by atoms with Crippen LogP contribution in [0.4, 0.5) is 17.1 Å². The molecule has 3 nitrogen and oxygen atoms in total. The van der Waals surface area contributed by atoms with Crippen LogP contribution in [0.15, 0.2) is 259 Å². The second kappa shape index (κ2) is 16.0. The molecule has 0 amide bonds. The molecule has 3 heteroatoms. The molecule has 2 aromatic heterocycles. The van der Waals surface area contributed by atoms with E-state index in [9.17, 15) is 0 Å². The summed E-state index contributed by atoms with van der Waals surface area (Å²) in [5, 5.41) is 7.17. The Bertz CT molecular complexity index is 3930. The quantitative estimate of drug-likeness (QED) is 0.152. The molecular weight excluding hydrogens is 813 g/mol. The summed E-state index contributed by atoms with van der Waals surface area (Å²) >= 11 is 0. The second-order valence-corrected chi connectivity index (χ2v) is 17.2. The molecule has 67 heavy (non-hydrogen) atoms. The maximum absolute atomic E-state index is 6.67. The molecule has 0 saturated heterocycles. The molecule has 0 aliphatic carbocycles. The van der Waals surface area contributed by atoms with Crippen molar-refractivity contribution in [1.82, 2.24) is 4.57 Å². The van der Waals surface area contributed by atoms with Crippen LogP contribution in [0.1, 0.15) is 0 Å². The molecule has 13 rings (SSSR count). The van der Waals surface area contributed by atoms with E-state index < -0.39 is 0 Å². The zero-order valence-electron chi connectivity index (χ0n) is 36.6. The summed E-state index contributed by atoms with van der Waals surface area (Å²) in [5.41, 5.74) is 17.7. The SMILES string of the molecule is c1ccc(N(c2ccc(-c3ccc(-c4ccccc4-n4c5ccccc5c5ccccc54)cc3)cc2)c2ccccc2-c2cccc3c2oc2ccccc23)c(-c2cccc3ccccc23)c1. The Kier molecular flexibility index (Phi) is 9.17. The molecule has 0 aliphatic heterocycles. The van der Waals surface area contributed by atoms with Gasteiger partial charge < -0.3 is 13.9 Å². The molecule has 11 aromatic carbocycles. The zero-order chi connectivity index (χ0) is 44.3. The number of hydrogen-bond acceptors (Lipinski definition) is 2. The van der Waals surface area contributed by atoms with Gasteiger partial charge in [-0.3, -0.25) is 0 Å². The van der Waals surface area contributed by atoms with Crippen molar-refractivity contribution in [1.29, 1.82) is 0 Å². The predicted octanol–water partition coefficient (Wildman–Crippen LogP) is 18.0. The van der Waals surface area contributed by atoms with Gasteiger partial charge in [0.15, 0.2) is 0 Å². The van der Waals surface area contributed by atoms with Gasteiger partial charge in [0.2, 0.25) is 0 Å². The largest absolute Gasteiger partial charge is 0.455 e. The normalized spacial score (nSPS) is 11.6. The van der Waals surface area contributed by atoms with Crippen LogP contribution in [0, 0.1) is 0 Å². The van der Waals surface area contributed by atoms with Crippen molar-refractivity contribution in [2.24, 2.45) is 0 Å². The van der Waals surface area contributed by atoms with Crippen molar-refractivity contribution in [3.8, 4) is 50.2 Å². The lowest BCUT2D eigenvalue weighted by Gasteiger charge is -2.30. The third-order valence-electron chi connectivity index (χ3n) is 13.4. The monoisotopic (exact) mass is 854 g/mol. The zero-order valence-corrected chi connectivity index (χ0v) is 36.6. The van der Waals surface area contributed by atoms with Gasteiger partial charge in [-0.1, -0.05) is 206 Å². The molecule has 0 bridgehead atoms. The fraction of sp³-hybridized carbons (Fsp3) is 0. The maximum Gasteiger partial charge on any atom is 0.143 e. The number of fused-ring (bicyclic) bond motifs is 7. The van der Waals surface area contributed by atoms with E-state index in [0.29, 0.717) is 0 Å². The standard InChI is InChI=1S/C64H42N2O/c1-2-19-48-45(17-1)18-15-26-50(48)51-21-4-10-30-59(51)65(60-31-11-7-24-54(60)56-27-16-28-57-55-25-8-14-34-63(55)67-64(56)57)47-41-39-44(40-42-47)43-35-37-46(38-36-43)49-20-3-9-29-58(49)66-61-32-12-5-22-52(61)53-23-6-13-33-62(53)66/h1-42H. The number of para-hydroxylation sites is 7. The summed E-state index contributed by atoms with van der Waals surface area (Å²) in [6, 6.07) is 91.8. The number of aromatic nitrogens is 1. The highest BCUT2D eigenvalue weighted by Crippen LogP contribution is 2.48. The van der Waals surface area contributed by atoms with Crippen molar-refractivity contribution < 1.29 is 4.42 Å². The molecule has 13 aromatic rings. The number of rotatable bonds is 8. The second-order valence-electron chi connectivity index (χ2n) is 17.2.